The third kappa shape index (κ3) is 7.34. The maximum Gasteiger partial charge on any atom is 0.306 e. The first-order valence-electron chi connectivity index (χ1n) is 8.96. The fourth-order valence-electron chi connectivity index (χ4n) is 2.55. The summed E-state index contributed by atoms with van der Waals surface area (Å²) in [6, 6.07) is 16.6. The van der Waals surface area contributed by atoms with Crippen molar-refractivity contribution in [2.45, 2.75) is 19.4 Å². The molecular weight excluding hydrogens is 390 g/mol. The average molecular weight is 413 g/mol. The third-order valence-electron chi connectivity index (χ3n) is 4.01. The van der Waals surface area contributed by atoms with Gasteiger partial charge in [0.1, 0.15) is 0 Å². The summed E-state index contributed by atoms with van der Waals surface area (Å²) in [5.41, 5.74) is 2.10. The number of methoxy groups -OCH3 is 1. The maximum absolute atomic E-state index is 12.7. The third-order valence-corrected chi connectivity index (χ3v) is 4.22. The van der Waals surface area contributed by atoms with Gasteiger partial charge in [0, 0.05) is 31.3 Å². The van der Waals surface area contributed by atoms with Crippen LogP contribution in [-0.4, -0.2) is 42.0 Å². The van der Waals surface area contributed by atoms with E-state index in [2.05, 4.69) is 15.4 Å². The molecule has 2 amide bonds. The van der Waals surface area contributed by atoms with E-state index < -0.39 is 11.9 Å². The van der Waals surface area contributed by atoms with Gasteiger partial charge < -0.3 is 20.3 Å². The van der Waals surface area contributed by atoms with Crippen LogP contribution in [0.25, 0.3) is 0 Å². The highest BCUT2D eigenvalue weighted by atomic mass is 32.1. The van der Waals surface area contributed by atoms with Crippen molar-refractivity contribution in [2.75, 3.05) is 19.5 Å². The van der Waals surface area contributed by atoms with Gasteiger partial charge in [-0.25, -0.2) is 0 Å². The van der Waals surface area contributed by atoms with Gasteiger partial charge >= 0.3 is 5.97 Å². The molecule has 0 spiro atoms. The number of anilines is 1. The smallest absolute Gasteiger partial charge is 0.306 e. The lowest BCUT2D eigenvalue weighted by Crippen LogP contribution is -2.34. The lowest BCUT2D eigenvalue weighted by molar-refractivity contribution is -0.142. The molecule has 152 valence electrons. The van der Waals surface area contributed by atoms with Crippen LogP contribution in [0.5, 0.6) is 0 Å². The van der Waals surface area contributed by atoms with Crippen molar-refractivity contribution < 1.29 is 19.1 Å². The number of carbonyl (C=O) groups is 3. The lowest BCUT2D eigenvalue weighted by Gasteiger charge is -2.18. The predicted octanol–water partition coefficient (Wildman–Crippen LogP) is 2.73. The molecule has 0 aliphatic carbocycles. The summed E-state index contributed by atoms with van der Waals surface area (Å²) in [5, 5.41) is 5.45. The summed E-state index contributed by atoms with van der Waals surface area (Å²) >= 11 is 5.11. The predicted molar refractivity (Wildman–Crippen MR) is 114 cm³/mol. The maximum atomic E-state index is 12.7. The molecule has 0 atom stereocenters. The van der Waals surface area contributed by atoms with Crippen LogP contribution in [0.1, 0.15) is 28.8 Å². The first kappa shape index (κ1) is 22.0. The van der Waals surface area contributed by atoms with E-state index in [9.17, 15) is 14.4 Å². The highest BCUT2D eigenvalue weighted by Gasteiger charge is 2.13. The van der Waals surface area contributed by atoms with Crippen LogP contribution in [0, 0.1) is 0 Å². The number of hydrogen-bond acceptors (Lipinski definition) is 5. The summed E-state index contributed by atoms with van der Waals surface area (Å²) in [6.45, 7) is 0.492. The Kier molecular flexibility index (Phi) is 8.29. The van der Waals surface area contributed by atoms with Crippen molar-refractivity contribution in [2.24, 2.45) is 0 Å². The van der Waals surface area contributed by atoms with Gasteiger partial charge in [-0.3, -0.25) is 14.4 Å². The summed E-state index contributed by atoms with van der Waals surface area (Å²) < 4.78 is 4.49. The number of hydrogen-bond donors (Lipinski definition) is 2. The Morgan fingerprint density at radius 1 is 1.03 bits per heavy atom. The summed E-state index contributed by atoms with van der Waals surface area (Å²) in [6.07, 6.45) is -0.0556. The number of nitrogens with one attached hydrogen (secondary N) is 2. The van der Waals surface area contributed by atoms with Crippen molar-refractivity contribution >= 4 is 40.8 Å². The van der Waals surface area contributed by atoms with Crippen molar-refractivity contribution in [3.05, 3.63) is 65.7 Å². The van der Waals surface area contributed by atoms with Crippen LogP contribution in [0.4, 0.5) is 5.69 Å². The average Bonchev–Trinajstić information content (AvgIpc) is 2.72. The van der Waals surface area contributed by atoms with Gasteiger partial charge in [0.15, 0.2) is 5.11 Å². The largest absolute Gasteiger partial charge is 0.469 e. The Bertz CT molecular complexity index is 887. The second-order valence-electron chi connectivity index (χ2n) is 6.31. The van der Waals surface area contributed by atoms with Crippen molar-refractivity contribution in [1.29, 1.82) is 0 Å². The van der Waals surface area contributed by atoms with Gasteiger partial charge in [0.2, 0.25) is 5.91 Å². The van der Waals surface area contributed by atoms with Crippen LogP contribution < -0.4 is 10.6 Å². The molecule has 8 heteroatoms. The second kappa shape index (κ2) is 10.9. The standard InChI is InChI=1S/C21H23N3O4S/c1-24(14-15-7-4-3-5-8-15)20(27)16-9-6-10-17(13-16)22-21(29)23-18(25)11-12-19(26)28-2/h3-10,13H,11-12,14H2,1-2H3,(H2,22,23,25,29). The van der Waals surface area contributed by atoms with E-state index in [1.807, 2.05) is 30.3 Å². The number of thiocarbonyl (C=S) groups is 1. The molecule has 0 saturated heterocycles. The molecule has 29 heavy (non-hydrogen) atoms. The molecule has 0 fully saturated rings. The van der Waals surface area contributed by atoms with E-state index in [-0.39, 0.29) is 23.9 Å². The zero-order valence-electron chi connectivity index (χ0n) is 16.3. The van der Waals surface area contributed by atoms with E-state index in [1.54, 1.807) is 36.2 Å². The fourth-order valence-corrected chi connectivity index (χ4v) is 2.78. The number of ether oxygens (including phenoxy) is 1. The molecule has 0 aromatic heterocycles. The van der Waals surface area contributed by atoms with Gasteiger partial charge in [0.05, 0.1) is 13.5 Å². The molecule has 2 rings (SSSR count). The zero-order valence-corrected chi connectivity index (χ0v) is 17.1. The Morgan fingerprint density at radius 2 is 1.76 bits per heavy atom. The molecule has 0 aliphatic rings. The highest BCUT2D eigenvalue weighted by molar-refractivity contribution is 7.80. The minimum absolute atomic E-state index is 0.0251. The fraction of sp³-hybridized carbons (Fsp3) is 0.238. The van der Waals surface area contributed by atoms with Crippen LogP contribution >= 0.6 is 12.2 Å². The minimum Gasteiger partial charge on any atom is -0.469 e. The van der Waals surface area contributed by atoms with Crippen molar-refractivity contribution in [1.82, 2.24) is 10.2 Å². The van der Waals surface area contributed by atoms with Crippen molar-refractivity contribution in [3.8, 4) is 0 Å². The summed E-state index contributed by atoms with van der Waals surface area (Å²) in [7, 11) is 3.00. The molecule has 2 aromatic rings. The number of carbonyl (C=O) groups excluding carboxylic acids is 3. The van der Waals surface area contributed by atoms with Gasteiger partial charge in [-0.1, -0.05) is 36.4 Å². The quantitative estimate of drug-likeness (QED) is 0.536. The number of esters is 1. The molecule has 0 unspecified atom stereocenters. The topological polar surface area (TPSA) is 87.7 Å². The molecule has 0 bridgehead atoms. The molecule has 7 nitrogen and oxygen atoms in total. The van der Waals surface area contributed by atoms with Crippen LogP contribution in [0.15, 0.2) is 54.6 Å². The summed E-state index contributed by atoms with van der Waals surface area (Å²) in [4.78, 5) is 37.2. The van der Waals surface area contributed by atoms with E-state index in [4.69, 9.17) is 12.2 Å². The SMILES string of the molecule is COC(=O)CCC(=O)NC(=S)Nc1cccc(C(=O)N(C)Cc2ccccc2)c1. The van der Waals surface area contributed by atoms with E-state index in [1.165, 1.54) is 7.11 Å². The van der Waals surface area contributed by atoms with Crippen LogP contribution in [-0.2, 0) is 20.9 Å². The van der Waals surface area contributed by atoms with E-state index in [0.717, 1.165) is 5.56 Å². The molecule has 0 aliphatic heterocycles. The van der Waals surface area contributed by atoms with Gasteiger partial charge in [0.25, 0.3) is 5.91 Å². The Balaban J connectivity index is 1.92. The van der Waals surface area contributed by atoms with Gasteiger partial charge in [-0.05, 0) is 36.0 Å². The van der Waals surface area contributed by atoms with E-state index >= 15 is 0 Å². The van der Waals surface area contributed by atoms with Crippen LogP contribution in [0.2, 0.25) is 0 Å². The molecule has 2 N–H and O–H groups in total. The number of amides is 2. The van der Waals surface area contributed by atoms with Gasteiger partial charge in [-0.2, -0.15) is 0 Å². The van der Waals surface area contributed by atoms with Gasteiger partial charge in [-0.15, -0.1) is 0 Å². The zero-order chi connectivity index (χ0) is 21.2. The molecular formula is C21H23N3O4S. The number of nitrogens with zero attached hydrogens (tertiary/aromatic N) is 1. The first-order valence-corrected chi connectivity index (χ1v) is 9.37. The second-order valence-corrected chi connectivity index (χ2v) is 6.71. The molecule has 0 saturated carbocycles. The molecule has 2 aromatic carbocycles. The van der Waals surface area contributed by atoms with Crippen molar-refractivity contribution in [3.63, 3.8) is 0 Å². The highest BCUT2D eigenvalue weighted by Crippen LogP contribution is 2.14. The summed E-state index contributed by atoms with van der Waals surface area (Å²) in [5.74, 6) is -1.00. The molecule has 0 radical (unpaired) electrons. The Labute approximate surface area is 175 Å². The first-order chi connectivity index (χ1) is 13.9. The Morgan fingerprint density at radius 3 is 2.45 bits per heavy atom. The normalized spacial score (nSPS) is 10.0. The van der Waals surface area contributed by atoms with Crippen LogP contribution in [0.3, 0.4) is 0 Å². The molecule has 0 heterocycles. The minimum atomic E-state index is -0.468. The number of benzene rings is 2. The monoisotopic (exact) mass is 413 g/mol. The lowest BCUT2D eigenvalue weighted by atomic mass is 10.1. The van der Waals surface area contributed by atoms with E-state index in [0.29, 0.717) is 17.8 Å². The Hall–Kier alpha value is -3.26. The number of rotatable bonds is 7.